The predicted octanol–water partition coefficient (Wildman–Crippen LogP) is 3.78. The lowest BCUT2D eigenvalue weighted by Gasteiger charge is -2.29. The van der Waals surface area contributed by atoms with Gasteiger partial charge < -0.3 is 9.88 Å². The molecule has 5 rings (SSSR count). The third-order valence-corrected chi connectivity index (χ3v) is 6.21. The lowest BCUT2D eigenvalue weighted by molar-refractivity contribution is 0.0826. The summed E-state index contributed by atoms with van der Waals surface area (Å²) in [6, 6.07) is 15.1. The Kier molecular flexibility index (Phi) is 4.49. The monoisotopic (exact) mass is 377 g/mol. The van der Waals surface area contributed by atoms with Gasteiger partial charge in [0.1, 0.15) is 5.82 Å². The number of Topliss-reactive ketones (excluding diaryl/α,β-unsaturated/α-hetero) is 1. The van der Waals surface area contributed by atoms with E-state index in [-0.39, 0.29) is 17.6 Å². The van der Waals surface area contributed by atoms with E-state index in [2.05, 4.69) is 10.2 Å². The second-order valence-electron chi connectivity index (χ2n) is 7.81. The Balaban J connectivity index is 1.40. The van der Waals surface area contributed by atoms with Crippen LogP contribution in [0.25, 0.3) is 16.6 Å². The van der Waals surface area contributed by atoms with Crippen LogP contribution in [-0.4, -0.2) is 47.0 Å². The van der Waals surface area contributed by atoms with Crippen molar-refractivity contribution < 1.29 is 9.18 Å². The third-order valence-electron chi connectivity index (χ3n) is 6.21. The molecule has 0 spiro atoms. The molecule has 144 valence electrons. The number of ketones is 1. The van der Waals surface area contributed by atoms with Crippen molar-refractivity contribution in [3.8, 4) is 5.69 Å². The second-order valence-corrected chi connectivity index (χ2v) is 7.81. The summed E-state index contributed by atoms with van der Waals surface area (Å²) in [6.45, 7) is 3.05. The molecule has 2 atom stereocenters. The highest BCUT2D eigenvalue weighted by atomic mass is 19.1. The number of carbonyl (C=O) groups is 1. The molecule has 2 saturated heterocycles. The molecular formula is C23H24FN3O. The van der Waals surface area contributed by atoms with E-state index >= 15 is 0 Å². The van der Waals surface area contributed by atoms with Crippen molar-refractivity contribution in [2.24, 2.45) is 0 Å². The molecule has 0 bridgehead atoms. The number of hydrogen-bond donors (Lipinski definition) is 1. The first-order valence-electron chi connectivity index (χ1n) is 10.1. The summed E-state index contributed by atoms with van der Waals surface area (Å²) < 4.78 is 15.9. The Morgan fingerprint density at radius 3 is 2.71 bits per heavy atom. The fourth-order valence-corrected chi connectivity index (χ4v) is 4.76. The zero-order valence-electron chi connectivity index (χ0n) is 15.8. The van der Waals surface area contributed by atoms with Crippen LogP contribution in [-0.2, 0) is 0 Å². The van der Waals surface area contributed by atoms with Gasteiger partial charge in [0.15, 0.2) is 5.78 Å². The van der Waals surface area contributed by atoms with Crippen LogP contribution in [0.4, 0.5) is 4.39 Å². The number of likely N-dealkylation sites (tertiary alicyclic amines) is 1. The zero-order chi connectivity index (χ0) is 19.1. The van der Waals surface area contributed by atoms with Crippen LogP contribution < -0.4 is 5.32 Å². The maximum atomic E-state index is 14.0. The van der Waals surface area contributed by atoms with Crippen LogP contribution in [0.1, 0.15) is 29.6 Å². The molecule has 5 heteroatoms. The number of nitrogens with zero attached hydrogens (tertiary/aromatic N) is 2. The summed E-state index contributed by atoms with van der Waals surface area (Å²) in [5, 5.41) is 4.01. The molecule has 1 N–H and O–H groups in total. The van der Waals surface area contributed by atoms with Gasteiger partial charge in [-0.3, -0.25) is 9.69 Å². The van der Waals surface area contributed by atoms with Gasteiger partial charge in [-0.05, 0) is 74.8 Å². The lowest BCUT2D eigenvalue weighted by Crippen LogP contribution is -2.44. The Hall–Kier alpha value is -2.50. The number of benzene rings is 2. The van der Waals surface area contributed by atoms with Gasteiger partial charge in [-0.1, -0.05) is 6.07 Å². The Morgan fingerprint density at radius 2 is 1.93 bits per heavy atom. The van der Waals surface area contributed by atoms with Crippen LogP contribution in [0, 0.1) is 5.82 Å². The van der Waals surface area contributed by atoms with Gasteiger partial charge in [-0.2, -0.15) is 0 Å². The smallest absolute Gasteiger partial charge is 0.179 e. The molecule has 0 aliphatic carbocycles. The first kappa shape index (κ1) is 17.6. The molecule has 2 aliphatic rings. The molecule has 1 aromatic heterocycles. The van der Waals surface area contributed by atoms with Gasteiger partial charge in [0.2, 0.25) is 0 Å². The molecule has 28 heavy (non-hydrogen) atoms. The first-order valence-corrected chi connectivity index (χ1v) is 10.1. The van der Waals surface area contributed by atoms with Gasteiger partial charge in [-0.25, -0.2) is 4.39 Å². The van der Waals surface area contributed by atoms with Crippen molar-refractivity contribution >= 4 is 16.7 Å². The van der Waals surface area contributed by atoms with E-state index in [1.54, 1.807) is 12.1 Å². The molecule has 0 radical (unpaired) electrons. The maximum absolute atomic E-state index is 14.0. The van der Waals surface area contributed by atoms with Crippen molar-refractivity contribution in [2.75, 3.05) is 19.6 Å². The second kappa shape index (κ2) is 7.15. The van der Waals surface area contributed by atoms with E-state index in [0.717, 1.165) is 55.7 Å². The molecule has 3 heterocycles. The minimum Gasteiger partial charge on any atom is -0.316 e. The van der Waals surface area contributed by atoms with Gasteiger partial charge in [0, 0.05) is 35.4 Å². The summed E-state index contributed by atoms with van der Waals surface area (Å²) in [5.41, 5.74) is 2.52. The van der Waals surface area contributed by atoms with E-state index < -0.39 is 0 Å². The first-order chi connectivity index (χ1) is 13.7. The topological polar surface area (TPSA) is 37.3 Å². The van der Waals surface area contributed by atoms with E-state index in [1.165, 1.54) is 6.07 Å². The van der Waals surface area contributed by atoms with Crippen LogP contribution >= 0.6 is 0 Å². The van der Waals surface area contributed by atoms with E-state index in [0.29, 0.717) is 11.4 Å². The summed E-state index contributed by atoms with van der Waals surface area (Å²) in [4.78, 5) is 15.6. The predicted molar refractivity (Wildman–Crippen MR) is 109 cm³/mol. The van der Waals surface area contributed by atoms with Crippen LogP contribution in [0.15, 0.2) is 54.7 Å². The number of fused-ring (bicyclic) bond motifs is 1. The van der Waals surface area contributed by atoms with Crippen LogP contribution in [0.3, 0.4) is 0 Å². The standard InChI is InChI=1S/C23H24FN3O/c24-20-3-1-4-21-19(20)11-14-27(21)17-8-6-16(7-9-17)23(28)22-5-2-13-26(22)18-10-12-25-15-18/h1,3-4,6-9,11,14,18,22,25H,2,5,10,12-13,15H2. The molecule has 3 aromatic rings. The Labute approximate surface area is 163 Å². The number of aromatic nitrogens is 1. The molecule has 0 saturated carbocycles. The number of hydrogen-bond acceptors (Lipinski definition) is 3. The Morgan fingerprint density at radius 1 is 1.07 bits per heavy atom. The quantitative estimate of drug-likeness (QED) is 0.703. The fourth-order valence-electron chi connectivity index (χ4n) is 4.76. The maximum Gasteiger partial charge on any atom is 0.179 e. The van der Waals surface area contributed by atoms with E-state index in [9.17, 15) is 9.18 Å². The summed E-state index contributed by atoms with van der Waals surface area (Å²) in [7, 11) is 0. The molecule has 2 aromatic carbocycles. The van der Waals surface area contributed by atoms with Gasteiger partial charge in [0.25, 0.3) is 0 Å². The van der Waals surface area contributed by atoms with Crippen molar-refractivity contribution in [1.82, 2.24) is 14.8 Å². The highest BCUT2D eigenvalue weighted by Gasteiger charge is 2.36. The molecular weight excluding hydrogens is 353 g/mol. The van der Waals surface area contributed by atoms with Gasteiger partial charge >= 0.3 is 0 Å². The number of carbonyl (C=O) groups excluding carboxylic acids is 1. The average Bonchev–Trinajstić information content (AvgIpc) is 3.47. The lowest BCUT2D eigenvalue weighted by atomic mass is 10.0. The van der Waals surface area contributed by atoms with Crippen molar-refractivity contribution in [1.29, 1.82) is 0 Å². The highest BCUT2D eigenvalue weighted by molar-refractivity contribution is 6.00. The van der Waals surface area contributed by atoms with E-state index in [1.807, 2.05) is 41.1 Å². The number of halogens is 1. The summed E-state index contributed by atoms with van der Waals surface area (Å²) >= 11 is 0. The zero-order valence-corrected chi connectivity index (χ0v) is 15.8. The highest BCUT2D eigenvalue weighted by Crippen LogP contribution is 2.27. The third kappa shape index (κ3) is 2.95. The van der Waals surface area contributed by atoms with Crippen molar-refractivity contribution in [3.05, 3.63) is 66.1 Å². The largest absolute Gasteiger partial charge is 0.316 e. The molecule has 0 amide bonds. The van der Waals surface area contributed by atoms with E-state index in [4.69, 9.17) is 0 Å². The SMILES string of the molecule is O=C(c1ccc(-n2ccc3c(F)cccc32)cc1)C1CCCN1C1CCNC1. The normalized spacial score (nSPS) is 22.9. The summed E-state index contributed by atoms with van der Waals surface area (Å²) in [5.74, 6) is 0.00475. The number of rotatable bonds is 4. The number of nitrogens with one attached hydrogen (secondary N) is 1. The molecule has 2 aliphatic heterocycles. The summed E-state index contributed by atoms with van der Waals surface area (Å²) in [6.07, 6.45) is 5.03. The van der Waals surface area contributed by atoms with Crippen LogP contribution in [0.5, 0.6) is 0 Å². The minimum atomic E-state index is -0.217. The van der Waals surface area contributed by atoms with Crippen molar-refractivity contribution in [2.45, 2.75) is 31.3 Å². The molecule has 2 unspecified atom stereocenters. The van der Waals surface area contributed by atoms with Crippen LogP contribution in [0.2, 0.25) is 0 Å². The molecule has 2 fully saturated rings. The molecule has 4 nitrogen and oxygen atoms in total. The van der Waals surface area contributed by atoms with Crippen molar-refractivity contribution in [3.63, 3.8) is 0 Å². The Bertz CT molecular complexity index is 1000. The average molecular weight is 377 g/mol. The van der Waals surface area contributed by atoms with Gasteiger partial charge in [-0.15, -0.1) is 0 Å². The fraction of sp³-hybridized carbons (Fsp3) is 0.348. The minimum absolute atomic E-state index is 0.00254. The van der Waals surface area contributed by atoms with Gasteiger partial charge in [0.05, 0.1) is 11.6 Å².